The van der Waals surface area contributed by atoms with Gasteiger partial charge in [-0.15, -0.1) is 0 Å². The van der Waals surface area contributed by atoms with Gasteiger partial charge in [0, 0.05) is 32.2 Å². The molecule has 2 saturated heterocycles. The number of benzene rings is 1. The normalized spacial score (nSPS) is 27.9. The third kappa shape index (κ3) is 2.88. The number of rotatable bonds is 3. The molecule has 3 rings (SSSR count). The van der Waals surface area contributed by atoms with Crippen LogP contribution in [0.15, 0.2) is 18.2 Å². The highest BCUT2D eigenvalue weighted by Crippen LogP contribution is 2.43. The molecule has 2 aliphatic heterocycles. The Morgan fingerprint density at radius 3 is 2.79 bits per heavy atom. The number of ether oxygens (including phenoxy) is 1. The van der Waals surface area contributed by atoms with Gasteiger partial charge in [0.25, 0.3) is 0 Å². The fourth-order valence-electron chi connectivity index (χ4n) is 3.78. The molecule has 1 N–H and O–H groups in total. The van der Waals surface area contributed by atoms with E-state index < -0.39 is 28.9 Å². The molecule has 0 saturated carbocycles. The van der Waals surface area contributed by atoms with Crippen LogP contribution in [0, 0.1) is 17.2 Å². The Hall–Kier alpha value is -1.67. The number of alkyl halides is 3. The molecule has 24 heavy (non-hydrogen) atoms. The molecular weight excluding hydrogens is 330 g/mol. The van der Waals surface area contributed by atoms with Gasteiger partial charge in [0.15, 0.2) is 0 Å². The average molecular weight is 347 g/mol. The largest absolute Gasteiger partial charge is 0.481 e. The van der Waals surface area contributed by atoms with Crippen LogP contribution in [0.1, 0.15) is 17.5 Å². The van der Waals surface area contributed by atoms with E-state index in [4.69, 9.17) is 4.74 Å². The second-order valence-corrected chi connectivity index (χ2v) is 6.42. The second kappa shape index (κ2) is 6.00. The second-order valence-electron chi connectivity index (χ2n) is 6.42. The number of carbonyl (C=O) groups is 1. The number of fused-ring (bicyclic) bond motifs is 1. The van der Waals surface area contributed by atoms with Gasteiger partial charge in [0.2, 0.25) is 0 Å². The molecule has 2 atom stereocenters. The lowest BCUT2D eigenvalue weighted by Gasteiger charge is -2.34. The lowest BCUT2D eigenvalue weighted by Crippen LogP contribution is -2.44. The number of nitrogens with zero attached hydrogens (tertiary/aromatic N) is 1. The van der Waals surface area contributed by atoms with Gasteiger partial charge >= 0.3 is 12.1 Å². The molecule has 1 aromatic rings. The van der Waals surface area contributed by atoms with Crippen molar-refractivity contribution in [2.45, 2.75) is 19.1 Å². The highest BCUT2D eigenvalue weighted by atomic mass is 19.4. The number of hydrogen-bond acceptors (Lipinski definition) is 3. The smallest absolute Gasteiger partial charge is 0.419 e. The SMILES string of the molecule is O=C(O)[C@]12CCOC[C@H]1CN(Cc1cccc(F)c1C(F)(F)F)C2. The predicted molar refractivity (Wildman–Crippen MR) is 75.7 cm³/mol. The summed E-state index contributed by atoms with van der Waals surface area (Å²) in [4.78, 5) is 13.4. The van der Waals surface area contributed by atoms with Crippen LogP contribution in [-0.2, 0) is 22.3 Å². The Morgan fingerprint density at radius 2 is 2.17 bits per heavy atom. The van der Waals surface area contributed by atoms with Crippen molar-refractivity contribution >= 4 is 5.97 Å². The lowest BCUT2D eigenvalue weighted by atomic mass is 9.74. The zero-order chi connectivity index (χ0) is 17.5. The summed E-state index contributed by atoms with van der Waals surface area (Å²) < 4.78 is 58.3. The van der Waals surface area contributed by atoms with E-state index in [1.54, 1.807) is 4.90 Å². The first kappa shape index (κ1) is 17.2. The van der Waals surface area contributed by atoms with Crippen LogP contribution in [0.3, 0.4) is 0 Å². The van der Waals surface area contributed by atoms with E-state index >= 15 is 0 Å². The van der Waals surface area contributed by atoms with Gasteiger partial charge in [0.05, 0.1) is 17.6 Å². The van der Waals surface area contributed by atoms with Crippen molar-refractivity contribution in [1.29, 1.82) is 0 Å². The summed E-state index contributed by atoms with van der Waals surface area (Å²) in [5.74, 6) is -2.53. The van der Waals surface area contributed by atoms with E-state index in [1.807, 2.05) is 0 Å². The molecule has 0 amide bonds. The molecule has 0 unspecified atom stereocenters. The molecule has 4 nitrogen and oxygen atoms in total. The predicted octanol–water partition coefficient (Wildman–Crippen LogP) is 2.77. The molecule has 8 heteroatoms. The zero-order valence-electron chi connectivity index (χ0n) is 12.8. The third-order valence-corrected chi connectivity index (χ3v) is 4.98. The van der Waals surface area contributed by atoms with E-state index in [9.17, 15) is 27.5 Å². The highest BCUT2D eigenvalue weighted by molar-refractivity contribution is 5.76. The molecule has 1 aromatic carbocycles. The first-order chi connectivity index (χ1) is 11.2. The van der Waals surface area contributed by atoms with Gasteiger partial charge in [0.1, 0.15) is 5.82 Å². The molecule has 0 bridgehead atoms. The zero-order valence-corrected chi connectivity index (χ0v) is 12.8. The van der Waals surface area contributed by atoms with Crippen LogP contribution < -0.4 is 0 Å². The standard InChI is InChI=1S/C16H17F4NO3/c17-12-3-1-2-10(13(12)16(18,19)20)6-21-7-11-8-24-5-4-15(11,9-21)14(22)23/h1-3,11H,4-9H2,(H,22,23)/t11-,15+/m1/s1. The minimum atomic E-state index is -4.79. The van der Waals surface area contributed by atoms with Crippen molar-refractivity contribution < 1.29 is 32.2 Å². The van der Waals surface area contributed by atoms with Crippen molar-refractivity contribution in [3.05, 3.63) is 35.1 Å². The summed E-state index contributed by atoms with van der Waals surface area (Å²) in [6.45, 7) is 0.922. The number of halogens is 4. The van der Waals surface area contributed by atoms with Gasteiger partial charge in [-0.1, -0.05) is 12.1 Å². The summed E-state index contributed by atoms with van der Waals surface area (Å²) in [5.41, 5.74) is -2.45. The summed E-state index contributed by atoms with van der Waals surface area (Å²) >= 11 is 0. The van der Waals surface area contributed by atoms with Crippen molar-refractivity contribution in [2.24, 2.45) is 11.3 Å². The van der Waals surface area contributed by atoms with Crippen LogP contribution in [0.4, 0.5) is 17.6 Å². The van der Waals surface area contributed by atoms with Crippen LogP contribution in [0.5, 0.6) is 0 Å². The summed E-state index contributed by atoms with van der Waals surface area (Å²) in [6.07, 6.45) is -4.46. The molecule has 2 aliphatic rings. The Balaban J connectivity index is 1.86. The number of carboxylic acids is 1. The van der Waals surface area contributed by atoms with Crippen LogP contribution >= 0.6 is 0 Å². The Morgan fingerprint density at radius 1 is 1.42 bits per heavy atom. The fraction of sp³-hybridized carbons (Fsp3) is 0.562. The maximum Gasteiger partial charge on any atom is 0.419 e. The van der Waals surface area contributed by atoms with E-state index in [1.165, 1.54) is 12.1 Å². The van der Waals surface area contributed by atoms with E-state index in [-0.39, 0.29) is 31.2 Å². The molecule has 2 heterocycles. The molecule has 0 aromatic heterocycles. The number of carboxylic acid groups (broad SMARTS) is 1. The number of aliphatic carboxylic acids is 1. The maximum atomic E-state index is 13.7. The first-order valence-corrected chi connectivity index (χ1v) is 7.62. The number of likely N-dealkylation sites (tertiary alicyclic amines) is 1. The molecule has 0 radical (unpaired) electrons. The van der Waals surface area contributed by atoms with Crippen LogP contribution in [0.2, 0.25) is 0 Å². The van der Waals surface area contributed by atoms with Gasteiger partial charge in [-0.3, -0.25) is 9.69 Å². The summed E-state index contributed by atoms with van der Waals surface area (Å²) in [6, 6.07) is 3.25. The van der Waals surface area contributed by atoms with E-state index in [2.05, 4.69) is 0 Å². The van der Waals surface area contributed by atoms with Crippen LogP contribution in [-0.4, -0.2) is 42.3 Å². The van der Waals surface area contributed by atoms with Gasteiger partial charge in [-0.2, -0.15) is 13.2 Å². The van der Waals surface area contributed by atoms with Gasteiger partial charge in [-0.25, -0.2) is 4.39 Å². The number of hydrogen-bond donors (Lipinski definition) is 1. The molecular formula is C16H17F4NO3. The minimum Gasteiger partial charge on any atom is -0.481 e. The Kier molecular flexibility index (Phi) is 4.29. The molecule has 0 spiro atoms. The van der Waals surface area contributed by atoms with Crippen LogP contribution in [0.25, 0.3) is 0 Å². The lowest BCUT2D eigenvalue weighted by molar-refractivity contribution is -0.157. The van der Waals surface area contributed by atoms with Crippen molar-refractivity contribution in [3.63, 3.8) is 0 Å². The fourth-order valence-corrected chi connectivity index (χ4v) is 3.78. The van der Waals surface area contributed by atoms with Crippen molar-refractivity contribution in [1.82, 2.24) is 4.90 Å². The van der Waals surface area contributed by atoms with E-state index in [0.717, 1.165) is 6.07 Å². The third-order valence-electron chi connectivity index (χ3n) is 4.98. The summed E-state index contributed by atoms with van der Waals surface area (Å²) in [5, 5.41) is 9.59. The van der Waals surface area contributed by atoms with Crippen molar-refractivity contribution in [2.75, 3.05) is 26.3 Å². The highest BCUT2D eigenvalue weighted by Gasteiger charge is 2.54. The van der Waals surface area contributed by atoms with Crippen molar-refractivity contribution in [3.8, 4) is 0 Å². The maximum absolute atomic E-state index is 13.7. The summed E-state index contributed by atoms with van der Waals surface area (Å²) in [7, 11) is 0. The topological polar surface area (TPSA) is 49.8 Å². The minimum absolute atomic E-state index is 0.141. The molecule has 0 aliphatic carbocycles. The van der Waals surface area contributed by atoms with E-state index in [0.29, 0.717) is 19.6 Å². The Bertz CT molecular complexity index is 649. The quantitative estimate of drug-likeness (QED) is 0.855. The molecule has 2 fully saturated rings. The first-order valence-electron chi connectivity index (χ1n) is 7.62. The van der Waals surface area contributed by atoms with Gasteiger partial charge in [-0.05, 0) is 18.1 Å². The Labute approximate surface area is 136 Å². The monoisotopic (exact) mass is 347 g/mol. The van der Waals surface area contributed by atoms with Gasteiger partial charge < -0.3 is 9.84 Å². The molecule has 132 valence electrons. The average Bonchev–Trinajstić information content (AvgIpc) is 2.85.